The number of carbonyl (C=O) groups excluding carboxylic acids is 1. The van der Waals surface area contributed by atoms with Gasteiger partial charge in [-0.2, -0.15) is 0 Å². The molecule has 7 heteroatoms. The fourth-order valence-corrected chi connectivity index (χ4v) is 4.36. The Labute approximate surface area is 216 Å². The van der Waals surface area contributed by atoms with Crippen LogP contribution in [0.1, 0.15) is 41.0 Å². The van der Waals surface area contributed by atoms with E-state index in [1.807, 2.05) is 55.5 Å². The first-order valence-electron chi connectivity index (χ1n) is 11.9. The number of carbonyl (C=O) groups is 1. The molecule has 5 nitrogen and oxygen atoms in total. The molecule has 0 spiro atoms. The molecule has 182 valence electrons. The fraction of sp³-hybridized carbons (Fsp3) is 0.286. The number of aryl methyl sites for hydroxylation is 3. The minimum absolute atomic E-state index is 0.153. The molecule has 3 aromatic carbocycles. The zero-order valence-electron chi connectivity index (χ0n) is 19.8. The molecule has 1 amide bonds. The summed E-state index contributed by atoms with van der Waals surface area (Å²) in [6, 6.07) is 21.0. The van der Waals surface area contributed by atoms with E-state index in [1.165, 1.54) is 0 Å². The molecule has 0 aliphatic rings. The summed E-state index contributed by atoms with van der Waals surface area (Å²) in [5.41, 5.74) is 3.64. The Balaban J connectivity index is 1.29. The summed E-state index contributed by atoms with van der Waals surface area (Å²) in [5.74, 6) is 1.73. The molecular weight excluding hydrogens is 481 g/mol. The van der Waals surface area contributed by atoms with Crippen molar-refractivity contribution in [1.82, 2.24) is 14.9 Å². The minimum Gasteiger partial charge on any atom is -0.494 e. The van der Waals surface area contributed by atoms with Gasteiger partial charge in [0, 0.05) is 24.5 Å². The predicted octanol–water partition coefficient (Wildman–Crippen LogP) is 6.87. The van der Waals surface area contributed by atoms with E-state index in [0.29, 0.717) is 23.7 Å². The van der Waals surface area contributed by atoms with Gasteiger partial charge in [-0.05, 0) is 74.2 Å². The van der Waals surface area contributed by atoms with Gasteiger partial charge in [0.2, 0.25) is 0 Å². The van der Waals surface area contributed by atoms with E-state index in [-0.39, 0.29) is 5.91 Å². The third-order valence-corrected chi connectivity index (χ3v) is 6.64. The Morgan fingerprint density at radius 1 is 0.971 bits per heavy atom. The van der Waals surface area contributed by atoms with Gasteiger partial charge in [0.15, 0.2) is 0 Å². The molecule has 0 radical (unpaired) electrons. The van der Waals surface area contributed by atoms with Crippen LogP contribution in [0.15, 0.2) is 66.7 Å². The summed E-state index contributed by atoms with van der Waals surface area (Å²) in [5, 5.41) is 4.17. The predicted molar refractivity (Wildman–Crippen MR) is 143 cm³/mol. The molecule has 1 aromatic heterocycles. The van der Waals surface area contributed by atoms with Crippen molar-refractivity contribution in [3.8, 4) is 5.75 Å². The number of nitrogens with zero attached hydrogens (tertiary/aromatic N) is 2. The van der Waals surface area contributed by atoms with Crippen LogP contribution in [0.2, 0.25) is 10.0 Å². The summed E-state index contributed by atoms with van der Waals surface area (Å²) in [4.78, 5) is 17.2. The second-order valence-electron chi connectivity index (χ2n) is 8.47. The first-order valence-corrected chi connectivity index (χ1v) is 12.6. The highest BCUT2D eigenvalue weighted by atomic mass is 35.5. The number of unbranched alkanes of at least 4 members (excludes halogenated alkanes) is 1. The van der Waals surface area contributed by atoms with Gasteiger partial charge in [-0.3, -0.25) is 4.79 Å². The lowest BCUT2D eigenvalue weighted by Gasteiger charge is -2.11. The molecule has 0 aliphatic carbocycles. The summed E-state index contributed by atoms with van der Waals surface area (Å²) in [6.45, 7) is 4.05. The van der Waals surface area contributed by atoms with Crippen molar-refractivity contribution in [2.45, 2.75) is 39.2 Å². The Hall–Kier alpha value is -3.02. The zero-order valence-corrected chi connectivity index (χ0v) is 21.3. The number of aromatic nitrogens is 2. The summed E-state index contributed by atoms with van der Waals surface area (Å²) >= 11 is 12.2. The van der Waals surface area contributed by atoms with Crippen LogP contribution in [-0.4, -0.2) is 28.6 Å². The summed E-state index contributed by atoms with van der Waals surface area (Å²) in [6.07, 6.45) is 3.47. The van der Waals surface area contributed by atoms with Gasteiger partial charge in [-0.25, -0.2) is 4.98 Å². The Morgan fingerprint density at radius 2 is 1.77 bits per heavy atom. The molecule has 0 atom stereocenters. The van der Waals surface area contributed by atoms with Crippen LogP contribution >= 0.6 is 23.2 Å². The number of hydrogen-bond acceptors (Lipinski definition) is 3. The average molecular weight is 510 g/mol. The van der Waals surface area contributed by atoms with Crippen molar-refractivity contribution in [2.75, 3.05) is 13.2 Å². The Kier molecular flexibility index (Phi) is 8.67. The third-order valence-electron chi connectivity index (χ3n) is 5.89. The van der Waals surface area contributed by atoms with Crippen LogP contribution in [0, 0.1) is 6.92 Å². The monoisotopic (exact) mass is 509 g/mol. The largest absolute Gasteiger partial charge is 0.494 e. The van der Waals surface area contributed by atoms with Gasteiger partial charge < -0.3 is 14.6 Å². The van der Waals surface area contributed by atoms with Gasteiger partial charge in [0.05, 0.1) is 28.2 Å². The molecule has 0 fully saturated rings. The van der Waals surface area contributed by atoms with Crippen LogP contribution in [-0.2, 0) is 13.0 Å². The quantitative estimate of drug-likeness (QED) is 0.224. The molecule has 4 aromatic rings. The van der Waals surface area contributed by atoms with Crippen LogP contribution in [0.5, 0.6) is 5.75 Å². The van der Waals surface area contributed by atoms with Crippen molar-refractivity contribution >= 4 is 40.1 Å². The average Bonchev–Trinajstić information content (AvgIpc) is 3.21. The molecule has 0 aliphatic heterocycles. The molecule has 1 N–H and O–H groups in total. The summed E-state index contributed by atoms with van der Waals surface area (Å²) in [7, 11) is 0. The van der Waals surface area contributed by atoms with E-state index in [0.717, 1.165) is 65.4 Å². The van der Waals surface area contributed by atoms with E-state index in [2.05, 4.69) is 16.0 Å². The normalized spacial score (nSPS) is 11.1. The molecule has 0 unspecified atom stereocenters. The number of ether oxygens (including phenoxy) is 1. The summed E-state index contributed by atoms with van der Waals surface area (Å²) < 4.78 is 8.18. The highest BCUT2D eigenvalue weighted by Crippen LogP contribution is 2.22. The number of hydrogen-bond donors (Lipinski definition) is 1. The molecule has 0 saturated heterocycles. The van der Waals surface area contributed by atoms with Crippen molar-refractivity contribution in [3.63, 3.8) is 0 Å². The number of nitrogens with one attached hydrogen (secondary N) is 1. The molecule has 0 bridgehead atoms. The number of para-hydroxylation sites is 2. The van der Waals surface area contributed by atoms with Gasteiger partial charge >= 0.3 is 0 Å². The molecule has 0 saturated carbocycles. The maximum absolute atomic E-state index is 12.4. The van der Waals surface area contributed by atoms with E-state index in [4.69, 9.17) is 32.9 Å². The fourth-order valence-electron chi connectivity index (χ4n) is 4.02. The zero-order chi connectivity index (χ0) is 24.6. The lowest BCUT2D eigenvalue weighted by Crippen LogP contribution is -2.25. The minimum atomic E-state index is -0.153. The van der Waals surface area contributed by atoms with Gasteiger partial charge in [0.1, 0.15) is 11.6 Å². The van der Waals surface area contributed by atoms with Crippen molar-refractivity contribution < 1.29 is 9.53 Å². The Morgan fingerprint density at radius 3 is 2.60 bits per heavy atom. The van der Waals surface area contributed by atoms with E-state index < -0.39 is 0 Å². The maximum Gasteiger partial charge on any atom is 0.252 e. The second-order valence-corrected chi connectivity index (χ2v) is 9.29. The number of fused-ring (bicyclic) bond motifs is 1. The number of amides is 1. The standard InChI is InChI=1S/C28H29Cl2N3O2/c1-20-19-21(14-15-23(20)29)35-18-7-6-17-33-26-12-5-4-11-25(26)32-27(33)13-8-16-31-28(34)22-9-2-3-10-24(22)30/h2-5,9-12,14-15,19H,6-8,13,16-18H2,1H3,(H,31,34). The first kappa shape index (κ1) is 25.1. The van der Waals surface area contributed by atoms with Crippen molar-refractivity contribution in [3.05, 3.63) is 93.7 Å². The van der Waals surface area contributed by atoms with Gasteiger partial charge in [0.25, 0.3) is 5.91 Å². The smallest absolute Gasteiger partial charge is 0.252 e. The maximum atomic E-state index is 12.4. The lowest BCUT2D eigenvalue weighted by molar-refractivity contribution is 0.0953. The van der Waals surface area contributed by atoms with E-state index >= 15 is 0 Å². The Bertz CT molecular complexity index is 1300. The third kappa shape index (κ3) is 6.56. The van der Waals surface area contributed by atoms with E-state index in [9.17, 15) is 4.79 Å². The topological polar surface area (TPSA) is 56.1 Å². The SMILES string of the molecule is Cc1cc(OCCCCn2c(CCCNC(=O)c3ccccc3Cl)nc3ccccc32)ccc1Cl. The first-order chi connectivity index (χ1) is 17.0. The van der Waals surface area contributed by atoms with Crippen molar-refractivity contribution in [1.29, 1.82) is 0 Å². The molecule has 4 rings (SSSR count). The second kappa shape index (κ2) is 12.1. The molecule has 1 heterocycles. The van der Waals surface area contributed by atoms with Crippen LogP contribution in [0.3, 0.4) is 0 Å². The number of benzene rings is 3. The van der Waals surface area contributed by atoms with Crippen molar-refractivity contribution in [2.24, 2.45) is 0 Å². The molecular formula is C28H29Cl2N3O2. The van der Waals surface area contributed by atoms with Gasteiger partial charge in [-0.1, -0.05) is 47.5 Å². The van der Waals surface area contributed by atoms with Gasteiger partial charge in [-0.15, -0.1) is 0 Å². The highest BCUT2D eigenvalue weighted by molar-refractivity contribution is 6.33. The number of rotatable bonds is 11. The number of halogens is 2. The highest BCUT2D eigenvalue weighted by Gasteiger charge is 2.12. The number of imidazole rings is 1. The van der Waals surface area contributed by atoms with Crippen LogP contribution in [0.25, 0.3) is 11.0 Å². The van der Waals surface area contributed by atoms with E-state index in [1.54, 1.807) is 12.1 Å². The molecule has 35 heavy (non-hydrogen) atoms. The lowest BCUT2D eigenvalue weighted by atomic mass is 10.2. The van der Waals surface area contributed by atoms with Crippen LogP contribution in [0.4, 0.5) is 0 Å². The van der Waals surface area contributed by atoms with Crippen LogP contribution < -0.4 is 10.1 Å².